The number of methoxy groups -OCH3 is 2. The van der Waals surface area contributed by atoms with Crippen LogP contribution in [0.2, 0.25) is 0 Å². The highest BCUT2D eigenvalue weighted by molar-refractivity contribution is 5.89. The zero-order valence-electron chi connectivity index (χ0n) is 16.7. The zero-order valence-corrected chi connectivity index (χ0v) is 16.7. The van der Waals surface area contributed by atoms with E-state index in [2.05, 4.69) is 0 Å². The van der Waals surface area contributed by atoms with Gasteiger partial charge in [-0.1, -0.05) is 18.9 Å². The Hall–Kier alpha value is -2.50. The van der Waals surface area contributed by atoms with Crippen molar-refractivity contribution in [3.8, 4) is 11.5 Å². The van der Waals surface area contributed by atoms with Crippen molar-refractivity contribution in [3.63, 3.8) is 0 Å². The number of fused-ring (bicyclic) bond motifs is 1. The molecule has 152 valence electrons. The fraction of sp³-hybridized carbons (Fsp3) is 0.545. The van der Waals surface area contributed by atoms with E-state index in [1.807, 2.05) is 11.0 Å². The molecule has 2 aliphatic rings. The molecule has 1 saturated carbocycles. The number of carbonyl (C=O) groups is 2. The summed E-state index contributed by atoms with van der Waals surface area (Å²) in [6.07, 6.45) is 9.94. The lowest BCUT2D eigenvalue weighted by Gasteiger charge is -2.44. The van der Waals surface area contributed by atoms with Crippen molar-refractivity contribution in [1.29, 1.82) is 0 Å². The van der Waals surface area contributed by atoms with E-state index in [-0.39, 0.29) is 12.5 Å². The average molecular weight is 387 g/mol. The highest BCUT2D eigenvalue weighted by atomic mass is 16.5. The SMILES string of the molecule is COc1ccc(/C=C/C(=O)OCC(=O)N2CCC[C@H]3CCCC[C@@H]32)cc1OC. The zero-order chi connectivity index (χ0) is 19.9. The number of piperidine rings is 1. The van der Waals surface area contributed by atoms with E-state index in [1.54, 1.807) is 32.4 Å². The van der Waals surface area contributed by atoms with E-state index < -0.39 is 5.97 Å². The minimum Gasteiger partial charge on any atom is -0.493 e. The van der Waals surface area contributed by atoms with Crippen molar-refractivity contribution in [2.45, 2.75) is 44.6 Å². The summed E-state index contributed by atoms with van der Waals surface area (Å²) >= 11 is 0. The van der Waals surface area contributed by atoms with Crippen LogP contribution < -0.4 is 9.47 Å². The number of likely N-dealkylation sites (tertiary alicyclic amines) is 1. The van der Waals surface area contributed by atoms with Crippen LogP contribution in [-0.2, 0) is 14.3 Å². The summed E-state index contributed by atoms with van der Waals surface area (Å²) in [6, 6.07) is 5.68. The highest BCUT2D eigenvalue weighted by Gasteiger charge is 2.35. The number of esters is 1. The van der Waals surface area contributed by atoms with Crippen LogP contribution in [0.15, 0.2) is 24.3 Å². The first-order valence-electron chi connectivity index (χ1n) is 9.98. The number of hydrogen-bond acceptors (Lipinski definition) is 5. The predicted octanol–water partition coefficient (Wildman–Crippen LogP) is 3.44. The fourth-order valence-electron chi connectivity index (χ4n) is 4.32. The largest absolute Gasteiger partial charge is 0.493 e. The summed E-state index contributed by atoms with van der Waals surface area (Å²) in [5.74, 6) is 1.22. The third kappa shape index (κ3) is 4.86. The van der Waals surface area contributed by atoms with Gasteiger partial charge < -0.3 is 19.1 Å². The first-order chi connectivity index (χ1) is 13.6. The van der Waals surface area contributed by atoms with Crippen LogP contribution in [0, 0.1) is 5.92 Å². The van der Waals surface area contributed by atoms with Gasteiger partial charge in [0.2, 0.25) is 0 Å². The van der Waals surface area contributed by atoms with Crippen LogP contribution in [-0.4, -0.2) is 50.2 Å². The van der Waals surface area contributed by atoms with Crippen molar-refractivity contribution in [2.24, 2.45) is 5.92 Å². The lowest BCUT2D eigenvalue weighted by atomic mass is 9.78. The number of amides is 1. The summed E-state index contributed by atoms with van der Waals surface area (Å²) in [5, 5.41) is 0. The monoisotopic (exact) mass is 387 g/mol. The number of hydrogen-bond donors (Lipinski definition) is 0. The van der Waals surface area contributed by atoms with Gasteiger partial charge in [-0.15, -0.1) is 0 Å². The standard InChI is InChI=1S/C22H29NO5/c1-26-19-11-9-16(14-20(19)27-2)10-12-22(25)28-15-21(24)23-13-5-7-17-6-3-4-8-18(17)23/h9-12,14,17-18H,3-8,13,15H2,1-2H3/b12-10+/t17-,18+/m1/s1. The Bertz CT molecular complexity index is 728. The number of carbonyl (C=O) groups excluding carboxylic acids is 2. The molecule has 1 aromatic carbocycles. The van der Waals surface area contributed by atoms with Gasteiger partial charge in [-0.25, -0.2) is 4.79 Å². The van der Waals surface area contributed by atoms with Crippen LogP contribution in [0.3, 0.4) is 0 Å². The molecule has 2 atom stereocenters. The van der Waals surface area contributed by atoms with Gasteiger partial charge in [0.1, 0.15) is 0 Å². The predicted molar refractivity (Wildman–Crippen MR) is 106 cm³/mol. The second kappa shape index (κ2) is 9.62. The maximum absolute atomic E-state index is 12.6. The maximum Gasteiger partial charge on any atom is 0.331 e. The highest BCUT2D eigenvalue weighted by Crippen LogP contribution is 2.35. The van der Waals surface area contributed by atoms with E-state index in [0.717, 1.165) is 24.9 Å². The molecule has 3 rings (SSSR count). The lowest BCUT2D eigenvalue weighted by molar-refractivity contribution is -0.151. The van der Waals surface area contributed by atoms with Crippen molar-refractivity contribution in [2.75, 3.05) is 27.4 Å². The third-order valence-corrected chi connectivity index (χ3v) is 5.72. The van der Waals surface area contributed by atoms with Crippen LogP contribution in [0.5, 0.6) is 11.5 Å². The molecule has 0 radical (unpaired) electrons. The molecule has 6 heteroatoms. The lowest BCUT2D eigenvalue weighted by Crippen LogP contribution is -2.50. The molecule has 6 nitrogen and oxygen atoms in total. The number of rotatable bonds is 6. The molecule has 2 fully saturated rings. The Balaban J connectivity index is 1.52. The molecule has 1 aromatic rings. The molecule has 1 aliphatic heterocycles. The summed E-state index contributed by atoms with van der Waals surface area (Å²) in [4.78, 5) is 26.6. The first-order valence-corrected chi connectivity index (χ1v) is 9.98. The van der Waals surface area contributed by atoms with E-state index in [0.29, 0.717) is 23.5 Å². The van der Waals surface area contributed by atoms with E-state index in [9.17, 15) is 9.59 Å². The molecule has 0 N–H and O–H groups in total. The van der Waals surface area contributed by atoms with Gasteiger partial charge >= 0.3 is 5.97 Å². The molecule has 28 heavy (non-hydrogen) atoms. The second-order valence-electron chi connectivity index (χ2n) is 7.40. The summed E-state index contributed by atoms with van der Waals surface area (Å²) < 4.78 is 15.6. The van der Waals surface area contributed by atoms with E-state index in [4.69, 9.17) is 14.2 Å². The molecular weight excluding hydrogens is 358 g/mol. The van der Waals surface area contributed by atoms with Crippen molar-refractivity contribution >= 4 is 18.0 Å². The first kappa shape index (κ1) is 20.2. The Kier molecular flexibility index (Phi) is 6.95. The van der Waals surface area contributed by atoms with Crippen LogP contribution in [0.25, 0.3) is 6.08 Å². The summed E-state index contributed by atoms with van der Waals surface area (Å²) in [6.45, 7) is 0.581. The van der Waals surface area contributed by atoms with Crippen molar-refractivity contribution in [1.82, 2.24) is 4.90 Å². The van der Waals surface area contributed by atoms with Gasteiger partial charge in [0, 0.05) is 18.7 Å². The van der Waals surface area contributed by atoms with Gasteiger partial charge in [0.15, 0.2) is 18.1 Å². The number of ether oxygens (including phenoxy) is 3. The molecule has 1 heterocycles. The molecule has 0 unspecified atom stereocenters. The topological polar surface area (TPSA) is 65.1 Å². The molecule has 0 bridgehead atoms. The van der Waals surface area contributed by atoms with Gasteiger partial charge in [0.25, 0.3) is 5.91 Å². The normalized spacial score (nSPS) is 21.9. The van der Waals surface area contributed by atoms with Gasteiger partial charge in [-0.05, 0) is 55.4 Å². The molecule has 1 saturated heterocycles. The van der Waals surface area contributed by atoms with Gasteiger partial charge in [-0.2, -0.15) is 0 Å². The van der Waals surface area contributed by atoms with Gasteiger partial charge in [0.05, 0.1) is 14.2 Å². The fourth-order valence-corrected chi connectivity index (χ4v) is 4.32. The van der Waals surface area contributed by atoms with Crippen molar-refractivity contribution in [3.05, 3.63) is 29.8 Å². The minimum absolute atomic E-state index is 0.0792. The smallest absolute Gasteiger partial charge is 0.331 e. The van der Waals surface area contributed by atoms with E-state index in [1.165, 1.54) is 31.8 Å². The maximum atomic E-state index is 12.6. The Morgan fingerprint density at radius 1 is 1.07 bits per heavy atom. The van der Waals surface area contributed by atoms with Crippen LogP contribution >= 0.6 is 0 Å². The van der Waals surface area contributed by atoms with Gasteiger partial charge in [-0.3, -0.25) is 4.79 Å². The second-order valence-corrected chi connectivity index (χ2v) is 7.40. The Morgan fingerprint density at radius 2 is 1.82 bits per heavy atom. The summed E-state index contributed by atoms with van der Waals surface area (Å²) in [7, 11) is 3.13. The molecule has 1 amide bonds. The molecule has 0 spiro atoms. The average Bonchev–Trinajstić information content (AvgIpc) is 2.75. The third-order valence-electron chi connectivity index (χ3n) is 5.72. The number of nitrogens with zero attached hydrogens (tertiary/aromatic N) is 1. The Morgan fingerprint density at radius 3 is 2.61 bits per heavy atom. The molecular formula is C22H29NO5. The Labute approximate surface area is 166 Å². The molecule has 1 aliphatic carbocycles. The van der Waals surface area contributed by atoms with Crippen LogP contribution in [0.4, 0.5) is 0 Å². The minimum atomic E-state index is -0.527. The number of benzene rings is 1. The quantitative estimate of drug-likeness (QED) is 0.553. The molecule has 0 aromatic heterocycles. The van der Waals surface area contributed by atoms with Crippen LogP contribution in [0.1, 0.15) is 44.1 Å². The van der Waals surface area contributed by atoms with E-state index >= 15 is 0 Å². The summed E-state index contributed by atoms with van der Waals surface area (Å²) in [5.41, 5.74) is 0.780. The van der Waals surface area contributed by atoms with Crippen molar-refractivity contribution < 1.29 is 23.8 Å².